The second-order valence-corrected chi connectivity index (χ2v) is 4.60. The lowest BCUT2D eigenvalue weighted by atomic mass is 10.1. The van der Waals surface area contributed by atoms with E-state index in [-0.39, 0.29) is 16.8 Å². The Morgan fingerprint density at radius 3 is 2.58 bits per heavy atom. The molecule has 2 aromatic rings. The summed E-state index contributed by atoms with van der Waals surface area (Å²) in [7, 11) is 3.76. The summed E-state index contributed by atoms with van der Waals surface area (Å²) in [6.45, 7) is 0.695. The highest BCUT2D eigenvalue weighted by molar-refractivity contribution is 5.84. The van der Waals surface area contributed by atoms with E-state index >= 15 is 0 Å². The standard InChI is InChI=1S/C12H14F3N3O/c1-18(2)6-5-7-3-4-8(19)10-9(7)16-11(17-10)12(13,14)15/h3-4,19H,5-6H2,1-2H3,(H,16,17). The second-order valence-electron chi connectivity index (χ2n) is 4.60. The van der Waals surface area contributed by atoms with Gasteiger partial charge in [-0.2, -0.15) is 13.2 Å². The van der Waals surface area contributed by atoms with Crippen LogP contribution in [0.1, 0.15) is 11.4 Å². The van der Waals surface area contributed by atoms with Crippen LogP contribution in [0.4, 0.5) is 13.2 Å². The summed E-state index contributed by atoms with van der Waals surface area (Å²) in [5.74, 6) is -1.34. The highest BCUT2D eigenvalue weighted by atomic mass is 19.4. The molecular formula is C12H14F3N3O. The summed E-state index contributed by atoms with van der Waals surface area (Å²) in [6.07, 6.45) is -3.98. The molecule has 0 radical (unpaired) electrons. The maximum Gasteiger partial charge on any atom is 0.449 e. The molecule has 0 spiro atoms. The summed E-state index contributed by atoms with van der Waals surface area (Å²) in [4.78, 5) is 7.61. The van der Waals surface area contributed by atoms with Gasteiger partial charge in [0.25, 0.3) is 0 Å². The molecule has 4 nitrogen and oxygen atoms in total. The lowest BCUT2D eigenvalue weighted by Gasteiger charge is -2.09. The number of likely N-dealkylation sites (N-methyl/N-ethyl adjacent to an activating group) is 1. The molecule has 0 aliphatic rings. The fourth-order valence-electron chi connectivity index (χ4n) is 1.82. The Morgan fingerprint density at radius 1 is 1.32 bits per heavy atom. The molecule has 1 aromatic carbocycles. The number of phenols is 1. The molecule has 0 aliphatic heterocycles. The third kappa shape index (κ3) is 2.81. The molecule has 7 heteroatoms. The van der Waals surface area contributed by atoms with Crippen molar-refractivity contribution in [3.05, 3.63) is 23.5 Å². The van der Waals surface area contributed by atoms with Crippen LogP contribution in [0, 0.1) is 0 Å². The van der Waals surface area contributed by atoms with Gasteiger partial charge in [0, 0.05) is 6.54 Å². The molecule has 0 unspecified atom stereocenters. The second kappa shape index (κ2) is 4.73. The van der Waals surface area contributed by atoms with Gasteiger partial charge in [-0.05, 0) is 32.1 Å². The highest BCUT2D eigenvalue weighted by Crippen LogP contribution is 2.32. The van der Waals surface area contributed by atoms with E-state index < -0.39 is 12.0 Å². The van der Waals surface area contributed by atoms with E-state index in [2.05, 4.69) is 9.97 Å². The number of nitrogens with one attached hydrogen (secondary N) is 1. The number of benzene rings is 1. The molecule has 104 valence electrons. The van der Waals surface area contributed by atoms with Gasteiger partial charge in [-0.15, -0.1) is 0 Å². The lowest BCUT2D eigenvalue weighted by molar-refractivity contribution is -0.144. The predicted octanol–water partition coefficient (Wildman–Crippen LogP) is 2.39. The topological polar surface area (TPSA) is 52.1 Å². The number of fused-ring (bicyclic) bond motifs is 1. The molecule has 2 N–H and O–H groups in total. The quantitative estimate of drug-likeness (QED) is 0.902. The molecule has 0 bridgehead atoms. The molecular weight excluding hydrogens is 259 g/mol. The largest absolute Gasteiger partial charge is 0.506 e. The maximum absolute atomic E-state index is 12.6. The van der Waals surface area contributed by atoms with Crippen LogP contribution in [0.3, 0.4) is 0 Å². The number of H-pyrrole nitrogens is 1. The Balaban J connectivity index is 2.49. The summed E-state index contributed by atoms with van der Waals surface area (Å²) in [5, 5.41) is 9.59. The van der Waals surface area contributed by atoms with Crippen molar-refractivity contribution in [2.24, 2.45) is 0 Å². The third-order valence-corrected chi connectivity index (χ3v) is 2.81. The minimum Gasteiger partial charge on any atom is -0.506 e. The van der Waals surface area contributed by atoms with Crippen LogP contribution in [0.2, 0.25) is 0 Å². The maximum atomic E-state index is 12.6. The van der Waals surface area contributed by atoms with Crippen molar-refractivity contribution in [3.63, 3.8) is 0 Å². The van der Waals surface area contributed by atoms with Crippen LogP contribution in [0.5, 0.6) is 5.75 Å². The number of aromatic amines is 1. The minimum atomic E-state index is -4.55. The van der Waals surface area contributed by atoms with Crippen LogP contribution < -0.4 is 0 Å². The zero-order valence-electron chi connectivity index (χ0n) is 10.5. The van der Waals surface area contributed by atoms with E-state index in [9.17, 15) is 18.3 Å². The number of aromatic nitrogens is 2. The highest BCUT2D eigenvalue weighted by Gasteiger charge is 2.35. The van der Waals surface area contributed by atoms with Gasteiger partial charge in [0.2, 0.25) is 5.82 Å². The molecule has 0 fully saturated rings. The number of halogens is 3. The fraction of sp³-hybridized carbons (Fsp3) is 0.417. The molecule has 19 heavy (non-hydrogen) atoms. The monoisotopic (exact) mass is 273 g/mol. The van der Waals surface area contributed by atoms with Crippen LogP contribution in [0.25, 0.3) is 11.0 Å². The van der Waals surface area contributed by atoms with Crippen molar-refractivity contribution in [1.82, 2.24) is 14.9 Å². The Bertz CT molecular complexity index is 590. The van der Waals surface area contributed by atoms with Crippen LogP contribution >= 0.6 is 0 Å². The predicted molar refractivity (Wildman–Crippen MR) is 65.0 cm³/mol. The molecule has 1 heterocycles. The first-order chi connectivity index (χ1) is 8.79. The van der Waals surface area contributed by atoms with Gasteiger partial charge in [-0.3, -0.25) is 0 Å². The van der Waals surface area contributed by atoms with Gasteiger partial charge in [0.05, 0.1) is 5.52 Å². The van der Waals surface area contributed by atoms with Crippen molar-refractivity contribution in [3.8, 4) is 5.75 Å². The molecule has 2 rings (SSSR count). The van der Waals surface area contributed by atoms with Gasteiger partial charge >= 0.3 is 6.18 Å². The van der Waals surface area contributed by atoms with E-state index in [4.69, 9.17) is 0 Å². The van der Waals surface area contributed by atoms with Crippen molar-refractivity contribution in [1.29, 1.82) is 0 Å². The first kappa shape index (κ1) is 13.7. The Hall–Kier alpha value is -1.76. The molecule has 0 saturated carbocycles. The van der Waals surface area contributed by atoms with Crippen molar-refractivity contribution < 1.29 is 18.3 Å². The minimum absolute atomic E-state index is 0.0384. The van der Waals surface area contributed by atoms with E-state index in [1.807, 2.05) is 19.0 Å². The summed E-state index contributed by atoms with van der Waals surface area (Å²) < 4.78 is 37.9. The average molecular weight is 273 g/mol. The van der Waals surface area contributed by atoms with Crippen molar-refractivity contribution in [2.45, 2.75) is 12.6 Å². The number of phenolic OH excluding ortho intramolecular Hbond substituents is 1. The number of aromatic hydroxyl groups is 1. The van der Waals surface area contributed by atoms with E-state index in [1.54, 1.807) is 6.07 Å². The van der Waals surface area contributed by atoms with Crippen LogP contribution in [-0.4, -0.2) is 40.6 Å². The van der Waals surface area contributed by atoms with Crippen molar-refractivity contribution in [2.75, 3.05) is 20.6 Å². The van der Waals surface area contributed by atoms with Gasteiger partial charge in [-0.1, -0.05) is 6.07 Å². The number of hydrogen-bond acceptors (Lipinski definition) is 3. The fourth-order valence-corrected chi connectivity index (χ4v) is 1.82. The number of hydrogen-bond donors (Lipinski definition) is 2. The molecule has 0 aliphatic carbocycles. The van der Waals surface area contributed by atoms with E-state index in [0.717, 1.165) is 0 Å². The smallest absolute Gasteiger partial charge is 0.449 e. The van der Waals surface area contributed by atoms with Gasteiger partial charge in [0.1, 0.15) is 11.3 Å². The normalized spacial score (nSPS) is 12.5. The van der Waals surface area contributed by atoms with Gasteiger partial charge < -0.3 is 15.0 Å². The van der Waals surface area contributed by atoms with Gasteiger partial charge in [0.15, 0.2) is 0 Å². The SMILES string of the molecule is CN(C)CCc1ccc(O)c2nc(C(F)(F)F)[nH]c12. The zero-order chi connectivity index (χ0) is 14.2. The first-order valence-electron chi connectivity index (χ1n) is 5.71. The number of alkyl halides is 3. The summed E-state index contributed by atoms with van der Waals surface area (Å²) in [5.41, 5.74) is 0.905. The average Bonchev–Trinajstić information content (AvgIpc) is 2.73. The zero-order valence-corrected chi connectivity index (χ0v) is 10.5. The van der Waals surface area contributed by atoms with E-state index in [1.165, 1.54) is 6.07 Å². The van der Waals surface area contributed by atoms with Crippen molar-refractivity contribution >= 4 is 11.0 Å². The third-order valence-electron chi connectivity index (χ3n) is 2.81. The Morgan fingerprint density at radius 2 is 2.00 bits per heavy atom. The summed E-state index contributed by atoms with van der Waals surface area (Å²) >= 11 is 0. The number of nitrogens with zero attached hydrogens (tertiary/aromatic N) is 2. The van der Waals surface area contributed by atoms with Gasteiger partial charge in [-0.25, -0.2) is 4.98 Å². The molecule has 0 atom stereocenters. The first-order valence-corrected chi connectivity index (χ1v) is 5.71. The van der Waals surface area contributed by atoms with Crippen LogP contribution in [0.15, 0.2) is 12.1 Å². The number of rotatable bonds is 3. The lowest BCUT2D eigenvalue weighted by Crippen LogP contribution is -2.15. The summed E-state index contributed by atoms with van der Waals surface area (Å²) in [6, 6.07) is 2.98. The van der Waals surface area contributed by atoms with Crippen LogP contribution in [-0.2, 0) is 12.6 Å². The molecule has 0 amide bonds. The number of imidazole rings is 1. The molecule has 1 aromatic heterocycles. The Kier molecular flexibility index (Phi) is 3.40. The Labute approximate surface area is 107 Å². The van der Waals surface area contributed by atoms with E-state index in [0.29, 0.717) is 18.5 Å². The molecule has 0 saturated heterocycles.